The Hall–Kier alpha value is -2.97. The van der Waals surface area contributed by atoms with Gasteiger partial charge in [-0.3, -0.25) is 4.68 Å². The van der Waals surface area contributed by atoms with Crippen molar-refractivity contribution >= 4 is 21.1 Å². The molecular formula is C22H23N5O2S. The van der Waals surface area contributed by atoms with Crippen LogP contribution in [-0.2, 0) is 16.6 Å². The van der Waals surface area contributed by atoms with E-state index in [4.69, 9.17) is 0 Å². The lowest BCUT2D eigenvalue weighted by molar-refractivity contribution is 0.477. The first kappa shape index (κ1) is 19.0. The van der Waals surface area contributed by atoms with Crippen LogP contribution in [0.1, 0.15) is 24.2 Å². The fourth-order valence-electron chi connectivity index (χ4n) is 4.03. The van der Waals surface area contributed by atoms with Crippen LogP contribution >= 0.6 is 0 Å². The number of fused-ring (bicyclic) bond motifs is 1. The highest BCUT2D eigenvalue weighted by molar-refractivity contribution is 7.89. The van der Waals surface area contributed by atoms with E-state index in [0.29, 0.717) is 24.5 Å². The van der Waals surface area contributed by atoms with E-state index in [1.54, 1.807) is 22.6 Å². The maximum absolute atomic E-state index is 12.8. The number of pyridine rings is 1. The summed E-state index contributed by atoms with van der Waals surface area (Å²) in [5, 5.41) is 5.44. The van der Waals surface area contributed by atoms with Crippen molar-refractivity contribution in [2.24, 2.45) is 0 Å². The number of H-pyrrole nitrogens is 1. The molecule has 1 aliphatic heterocycles. The van der Waals surface area contributed by atoms with Gasteiger partial charge in [0.15, 0.2) is 0 Å². The van der Waals surface area contributed by atoms with Crippen molar-refractivity contribution in [1.82, 2.24) is 24.1 Å². The highest BCUT2D eigenvalue weighted by Gasteiger charge is 2.27. The van der Waals surface area contributed by atoms with E-state index in [9.17, 15) is 8.42 Å². The minimum Gasteiger partial charge on any atom is -0.342 e. The van der Waals surface area contributed by atoms with Gasteiger partial charge >= 0.3 is 0 Å². The van der Waals surface area contributed by atoms with E-state index < -0.39 is 10.0 Å². The number of benzene rings is 1. The Labute approximate surface area is 175 Å². The molecular weight excluding hydrogens is 398 g/mol. The van der Waals surface area contributed by atoms with E-state index in [-0.39, 0.29) is 0 Å². The van der Waals surface area contributed by atoms with Gasteiger partial charge in [0.05, 0.1) is 17.1 Å². The average Bonchev–Trinajstić information content (AvgIpc) is 3.49. The van der Waals surface area contributed by atoms with Gasteiger partial charge in [-0.15, -0.1) is 0 Å². The van der Waals surface area contributed by atoms with Gasteiger partial charge in [0, 0.05) is 36.6 Å². The van der Waals surface area contributed by atoms with Crippen LogP contribution in [0.5, 0.6) is 0 Å². The number of hydrogen-bond donors (Lipinski definition) is 1. The van der Waals surface area contributed by atoms with Crippen molar-refractivity contribution < 1.29 is 8.42 Å². The van der Waals surface area contributed by atoms with E-state index in [0.717, 1.165) is 46.4 Å². The Morgan fingerprint density at radius 3 is 2.53 bits per heavy atom. The van der Waals surface area contributed by atoms with Crippen molar-refractivity contribution in [2.45, 2.75) is 31.2 Å². The average molecular weight is 422 g/mol. The van der Waals surface area contributed by atoms with Crippen LogP contribution in [0.15, 0.2) is 59.8 Å². The van der Waals surface area contributed by atoms with Gasteiger partial charge in [0.25, 0.3) is 0 Å². The second-order valence-corrected chi connectivity index (χ2v) is 9.64. The van der Waals surface area contributed by atoms with Gasteiger partial charge in [0.2, 0.25) is 10.0 Å². The molecule has 154 valence electrons. The molecule has 1 saturated heterocycles. The van der Waals surface area contributed by atoms with Crippen LogP contribution in [0.3, 0.4) is 0 Å². The van der Waals surface area contributed by atoms with E-state index in [1.807, 2.05) is 42.1 Å². The third kappa shape index (κ3) is 3.42. The number of nitrogens with zero attached hydrogens (tertiary/aromatic N) is 4. The smallest absolute Gasteiger partial charge is 0.243 e. The number of aromatic amines is 1. The molecule has 1 N–H and O–H groups in total. The fraction of sp³-hybridized carbons (Fsp3) is 0.273. The van der Waals surface area contributed by atoms with Gasteiger partial charge in [0.1, 0.15) is 5.65 Å². The third-order valence-electron chi connectivity index (χ3n) is 5.56. The molecule has 7 nitrogen and oxygen atoms in total. The largest absolute Gasteiger partial charge is 0.342 e. The van der Waals surface area contributed by atoms with E-state index in [1.165, 1.54) is 0 Å². The molecule has 0 atom stereocenters. The number of nitrogens with one attached hydrogen (secondary N) is 1. The highest BCUT2D eigenvalue weighted by atomic mass is 32.2. The zero-order valence-corrected chi connectivity index (χ0v) is 17.6. The zero-order valence-electron chi connectivity index (χ0n) is 16.7. The Balaban J connectivity index is 1.47. The summed E-state index contributed by atoms with van der Waals surface area (Å²) in [6, 6.07) is 13.2. The molecule has 0 amide bonds. The quantitative estimate of drug-likeness (QED) is 0.534. The molecule has 0 aliphatic carbocycles. The Kier molecular flexibility index (Phi) is 4.67. The van der Waals surface area contributed by atoms with Gasteiger partial charge in [-0.25, -0.2) is 13.4 Å². The molecule has 4 aromatic rings. The van der Waals surface area contributed by atoms with Crippen LogP contribution in [0.25, 0.3) is 22.2 Å². The number of aromatic nitrogens is 4. The number of sulfonamides is 1. The van der Waals surface area contributed by atoms with Crippen molar-refractivity contribution in [2.75, 3.05) is 13.1 Å². The Morgan fingerprint density at radius 2 is 1.83 bits per heavy atom. The Bertz CT molecular complexity index is 1300. The topological polar surface area (TPSA) is 83.9 Å². The minimum absolute atomic E-state index is 0.349. The minimum atomic E-state index is -3.40. The fourth-order valence-corrected chi connectivity index (χ4v) is 5.55. The molecule has 4 heterocycles. The molecule has 0 unspecified atom stereocenters. The van der Waals surface area contributed by atoms with Gasteiger partial charge in [-0.2, -0.15) is 9.40 Å². The second kappa shape index (κ2) is 7.37. The summed E-state index contributed by atoms with van der Waals surface area (Å²) in [5.74, 6) is 0. The summed E-state index contributed by atoms with van der Waals surface area (Å²) >= 11 is 0. The maximum atomic E-state index is 12.8. The summed E-state index contributed by atoms with van der Waals surface area (Å²) in [4.78, 5) is 8.17. The third-order valence-corrected chi connectivity index (χ3v) is 7.47. The molecule has 5 rings (SSSR count). The van der Waals surface area contributed by atoms with E-state index in [2.05, 4.69) is 21.1 Å². The molecule has 0 radical (unpaired) electrons. The van der Waals surface area contributed by atoms with Crippen LogP contribution in [-0.4, -0.2) is 45.6 Å². The van der Waals surface area contributed by atoms with Gasteiger partial charge in [-0.1, -0.05) is 12.1 Å². The van der Waals surface area contributed by atoms with Crippen LogP contribution in [0.4, 0.5) is 0 Å². The first-order chi connectivity index (χ1) is 14.5. The summed E-state index contributed by atoms with van der Waals surface area (Å²) in [5.41, 5.74) is 4.78. The van der Waals surface area contributed by atoms with Crippen molar-refractivity contribution in [3.63, 3.8) is 0 Å². The zero-order chi connectivity index (χ0) is 20.7. The SMILES string of the molecule is Cc1ccn(Cc2cc3c(-c4ccc(S(=O)(=O)N5CCCC5)cc4)ccnc3[nH]2)n1. The van der Waals surface area contributed by atoms with E-state index >= 15 is 0 Å². The molecule has 0 saturated carbocycles. The maximum Gasteiger partial charge on any atom is 0.243 e. The predicted octanol–water partition coefficient (Wildman–Crippen LogP) is 3.57. The number of hydrogen-bond acceptors (Lipinski definition) is 4. The second-order valence-electron chi connectivity index (χ2n) is 7.71. The lowest BCUT2D eigenvalue weighted by Gasteiger charge is -2.15. The predicted molar refractivity (Wildman–Crippen MR) is 116 cm³/mol. The van der Waals surface area contributed by atoms with Crippen molar-refractivity contribution in [3.05, 3.63) is 66.2 Å². The van der Waals surface area contributed by atoms with Crippen LogP contribution < -0.4 is 0 Å². The summed E-state index contributed by atoms with van der Waals surface area (Å²) in [6.45, 7) is 3.82. The highest BCUT2D eigenvalue weighted by Crippen LogP contribution is 2.30. The summed E-state index contributed by atoms with van der Waals surface area (Å²) in [6.07, 6.45) is 5.58. The Morgan fingerprint density at radius 1 is 1.07 bits per heavy atom. The standard InChI is InChI=1S/C22H23N5O2S/c1-16-9-13-26(25-16)15-18-14-21-20(8-10-23-22(21)24-18)17-4-6-19(7-5-17)30(28,29)27-11-2-3-12-27/h4-10,13-14H,2-3,11-12,15H2,1H3,(H,23,24). The molecule has 1 fully saturated rings. The molecule has 1 aromatic carbocycles. The molecule has 0 bridgehead atoms. The van der Waals surface area contributed by atoms with Gasteiger partial charge < -0.3 is 4.98 Å². The lowest BCUT2D eigenvalue weighted by atomic mass is 10.0. The summed E-state index contributed by atoms with van der Waals surface area (Å²) in [7, 11) is -3.40. The van der Waals surface area contributed by atoms with Crippen molar-refractivity contribution in [1.29, 1.82) is 0 Å². The monoisotopic (exact) mass is 421 g/mol. The number of aryl methyl sites for hydroxylation is 1. The molecule has 1 aliphatic rings. The molecule has 30 heavy (non-hydrogen) atoms. The van der Waals surface area contributed by atoms with Crippen LogP contribution in [0.2, 0.25) is 0 Å². The van der Waals surface area contributed by atoms with Gasteiger partial charge in [-0.05, 0) is 61.2 Å². The molecule has 0 spiro atoms. The summed E-state index contributed by atoms with van der Waals surface area (Å²) < 4.78 is 29.0. The molecule has 8 heteroatoms. The first-order valence-electron chi connectivity index (χ1n) is 10.1. The molecule has 3 aromatic heterocycles. The first-order valence-corrected chi connectivity index (χ1v) is 11.5. The lowest BCUT2D eigenvalue weighted by Crippen LogP contribution is -2.27. The van der Waals surface area contributed by atoms with Crippen molar-refractivity contribution in [3.8, 4) is 11.1 Å². The number of rotatable bonds is 5. The normalized spacial score (nSPS) is 15.2. The van der Waals surface area contributed by atoms with Crippen LogP contribution in [0, 0.1) is 6.92 Å².